The smallest absolute Gasteiger partial charge is 0.273 e. The monoisotopic (exact) mass is 278 g/mol. The molecule has 1 atom stereocenters. The van der Waals surface area contributed by atoms with Gasteiger partial charge >= 0.3 is 0 Å². The fourth-order valence-corrected chi connectivity index (χ4v) is 2.60. The Kier molecular flexibility index (Phi) is 4.95. The van der Waals surface area contributed by atoms with Crippen LogP contribution in [-0.4, -0.2) is 24.6 Å². The van der Waals surface area contributed by atoms with Crippen molar-refractivity contribution in [3.8, 4) is 5.75 Å². The first-order valence-corrected chi connectivity index (χ1v) is 7.19. The van der Waals surface area contributed by atoms with E-state index >= 15 is 0 Å². The van der Waals surface area contributed by atoms with Crippen LogP contribution in [0.4, 0.5) is 5.69 Å². The highest BCUT2D eigenvalue weighted by molar-refractivity contribution is 5.42. The quantitative estimate of drug-likeness (QED) is 0.586. The summed E-state index contributed by atoms with van der Waals surface area (Å²) in [6.07, 6.45) is 4.46. The zero-order valence-electron chi connectivity index (χ0n) is 12.1. The molecule has 0 aromatic heterocycles. The summed E-state index contributed by atoms with van der Waals surface area (Å²) in [5, 5.41) is 14.4. The number of rotatable bonds is 8. The van der Waals surface area contributed by atoms with E-state index in [1.165, 1.54) is 26.0 Å². The molecule has 1 saturated carbocycles. The first-order chi connectivity index (χ1) is 9.63. The molecule has 0 amide bonds. The lowest BCUT2D eigenvalue weighted by Gasteiger charge is -2.17. The SMILES string of the molecule is CCNC(CCc1cc(OC)cc([N+](=O)[O-])c1)C1CC1. The summed E-state index contributed by atoms with van der Waals surface area (Å²) in [5.74, 6) is 1.34. The number of aryl methyl sites for hydroxylation is 1. The topological polar surface area (TPSA) is 64.4 Å². The number of nitrogens with zero attached hydrogens (tertiary/aromatic N) is 1. The van der Waals surface area contributed by atoms with E-state index in [2.05, 4.69) is 12.2 Å². The van der Waals surface area contributed by atoms with Gasteiger partial charge in [-0.2, -0.15) is 0 Å². The van der Waals surface area contributed by atoms with Crippen molar-refractivity contribution in [2.24, 2.45) is 5.92 Å². The van der Waals surface area contributed by atoms with Crippen molar-refractivity contribution < 1.29 is 9.66 Å². The second-order valence-corrected chi connectivity index (χ2v) is 5.34. The fourth-order valence-electron chi connectivity index (χ4n) is 2.60. The average Bonchev–Trinajstić information content (AvgIpc) is 3.27. The third kappa shape index (κ3) is 3.93. The molecular formula is C15H22N2O3. The van der Waals surface area contributed by atoms with Crippen LogP contribution >= 0.6 is 0 Å². The molecule has 5 heteroatoms. The third-order valence-corrected chi connectivity index (χ3v) is 3.80. The van der Waals surface area contributed by atoms with E-state index < -0.39 is 0 Å². The van der Waals surface area contributed by atoms with Gasteiger partial charge in [0.1, 0.15) is 5.75 Å². The van der Waals surface area contributed by atoms with Crippen LogP contribution in [0, 0.1) is 16.0 Å². The highest BCUT2D eigenvalue weighted by atomic mass is 16.6. The van der Waals surface area contributed by atoms with Crippen LogP contribution in [0.1, 0.15) is 31.7 Å². The standard InChI is InChI=1S/C15H22N2O3/c1-3-16-15(12-5-6-12)7-4-11-8-13(17(18)19)10-14(9-11)20-2/h8-10,12,15-16H,3-7H2,1-2H3. The van der Waals surface area contributed by atoms with E-state index in [1.807, 2.05) is 6.07 Å². The Morgan fingerprint density at radius 2 is 2.20 bits per heavy atom. The molecule has 1 aliphatic rings. The molecule has 20 heavy (non-hydrogen) atoms. The highest BCUT2D eigenvalue weighted by Gasteiger charge is 2.30. The van der Waals surface area contributed by atoms with E-state index in [1.54, 1.807) is 6.07 Å². The molecule has 2 rings (SSSR count). The summed E-state index contributed by atoms with van der Waals surface area (Å²) in [7, 11) is 1.54. The van der Waals surface area contributed by atoms with Crippen molar-refractivity contribution in [2.75, 3.05) is 13.7 Å². The lowest BCUT2D eigenvalue weighted by Crippen LogP contribution is -2.31. The van der Waals surface area contributed by atoms with Gasteiger partial charge in [0.25, 0.3) is 5.69 Å². The molecule has 110 valence electrons. The van der Waals surface area contributed by atoms with Gasteiger partial charge in [-0.15, -0.1) is 0 Å². The summed E-state index contributed by atoms with van der Waals surface area (Å²) in [6, 6.07) is 5.54. The Bertz CT molecular complexity index is 472. The highest BCUT2D eigenvalue weighted by Crippen LogP contribution is 2.34. The van der Waals surface area contributed by atoms with Gasteiger partial charge in [0, 0.05) is 12.1 Å². The molecule has 1 N–H and O–H groups in total. The van der Waals surface area contributed by atoms with Gasteiger partial charge in [-0.05, 0) is 49.8 Å². The maximum Gasteiger partial charge on any atom is 0.273 e. The number of nitro benzene ring substituents is 1. The normalized spacial score (nSPS) is 15.9. The Morgan fingerprint density at radius 3 is 2.75 bits per heavy atom. The molecule has 1 unspecified atom stereocenters. The van der Waals surface area contributed by atoms with Crippen molar-refractivity contribution in [1.29, 1.82) is 0 Å². The van der Waals surface area contributed by atoms with Crippen molar-refractivity contribution in [3.63, 3.8) is 0 Å². The zero-order chi connectivity index (χ0) is 14.5. The van der Waals surface area contributed by atoms with Crippen LogP contribution in [0.15, 0.2) is 18.2 Å². The molecule has 0 aliphatic heterocycles. The number of hydrogen-bond acceptors (Lipinski definition) is 4. The molecule has 0 spiro atoms. The van der Waals surface area contributed by atoms with Crippen LogP contribution < -0.4 is 10.1 Å². The van der Waals surface area contributed by atoms with E-state index in [0.717, 1.165) is 30.9 Å². The van der Waals surface area contributed by atoms with Crippen molar-refractivity contribution >= 4 is 5.69 Å². The minimum Gasteiger partial charge on any atom is -0.496 e. The zero-order valence-corrected chi connectivity index (χ0v) is 12.1. The largest absolute Gasteiger partial charge is 0.496 e. The summed E-state index contributed by atoms with van der Waals surface area (Å²) >= 11 is 0. The molecule has 1 aromatic carbocycles. The second-order valence-electron chi connectivity index (χ2n) is 5.34. The van der Waals surface area contributed by atoms with Crippen molar-refractivity contribution in [1.82, 2.24) is 5.32 Å². The van der Waals surface area contributed by atoms with Crippen LogP contribution in [0.25, 0.3) is 0 Å². The number of non-ortho nitro benzene ring substituents is 1. The third-order valence-electron chi connectivity index (χ3n) is 3.80. The molecule has 1 aliphatic carbocycles. The fraction of sp³-hybridized carbons (Fsp3) is 0.600. The first kappa shape index (κ1) is 14.8. The summed E-state index contributed by atoms with van der Waals surface area (Å²) < 4.78 is 5.14. The first-order valence-electron chi connectivity index (χ1n) is 7.19. The lowest BCUT2D eigenvalue weighted by atomic mass is 10.0. The summed E-state index contributed by atoms with van der Waals surface area (Å²) in [6.45, 7) is 3.09. The number of nitrogens with one attached hydrogen (secondary N) is 1. The summed E-state index contributed by atoms with van der Waals surface area (Å²) in [4.78, 5) is 10.6. The lowest BCUT2D eigenvalue weighted by molar-refractivity contribution is -0.385. The van der Waals surface area contributed by atoms with Crippen LogP contribution in [-0.2, 0) is 6.42 Å². The molecule has 1 aromatic rings. The predicted octanol–water partition coefficient (Wildman–Crippen LogP) is 2.92. The van der Waals surface area contributed by atoms with Gasteiger partial charge in [-0.3, -0.25) is 10.1 Å². The number of nitro groups is 1. The minimum atomic E-state index is -0.366. The van der Waals surface area contributed by atoms with E-state index in [9.17, 15) is 10.1 Å². The predicted molar refractivity (Wildman–Crippen MR) is 78.2 cm³/mol. The Balaban J connectivity index is 2.03. The number of ether oxygens (including phenoxy) is 1. The second kappa shape index (κ2) is 6.70. The maximum atomic E-state index is 10.9. The van der Waals surface area contributed by atoms with E-state index in [4.69, 9.17) is 4.74 Å². The van der Waals surface area contributed by atoms with Gasteiger partial charge in [0.05, 0.1) is 18.1 Å². The van der Waals surface area contributed by atoms with Gasteiger partial charge in [0.15, 0.2) is 0 Å². The number of hydrogen-bond donors (Lipinski definition) is 1. The van der Waals surface area contributed by atoms with Crippen LogP contribution in [0.5, 0.6) is 5.75 Å². The molecule has 0 saturated heterocycles. The molecule has 0 bridgehead atoms. The molecule has 0 heterocycles. The minimum absolute atomic E-state index is 0.103. The molecular weight excluding hydrogens is 256 g/mol. The van der Waals surface area contributed by atoms with Gasteiger partial charge in [-0.1, -0.05) is 6.92 Å². The Morgan fingerprint density at radius 1 is 1.45 bits per heavy atom. The Hall–Kier alpha value is -1.62. The van der Waals surface area contributed by atoms with Crippen molar-refractivity contribution in [2.45, 2.75) is 38.6 Å². The Labute approximate surface area is 119 Å². The van der Waals surface area contributed by atoms with Gasteiger partial charge in [0.2, 0.25) is 0 Å². The van der Waals surface area contributed by atoms with Gasteiger partial charge < -0.3 is 10.1 Å². The van der Waals surface area contributed by atoms with Crippen molar-refractivity contribution in [3.05, 3.63) is 33.9 Å². The average molecular weight is 278 g/mol. The van der Waals surface area contributed by atoms with E-state index in [0.29, 0.717) is 11.8 Å². The van der Waals surface area contributed by atoms with Crippen LogP contribution in [0.2, 0.25) is 0 Å². The van der Waals surface area contributed by atoms with Gasteiger partial charge in [-0.25, -0.2) is 0 Å². The summed E-state index contributed by atoms with van der Waals surface area (Å²) in [5.41, 5.74) is 1.07. The molecule has 0 radical (unpaired) electrons. The van der Waals surface area contributed by atoms with E-state index in [-0.39, 0.29) is 10.6 Å². The maximum absolute atomic E-state index is 10.9. The van der Waals surface area contributed by atoms with Crippen LogP contribution in [0.3, 0.4) is 0 Å². The number of benzene rings is 1. The molecule has 5 nitrogen and oxygen atoms in total. The molecule has 1 fully saturated rings. The number of methoxy groups -OCH3 is 1.